The van der Waals surface area contributed by atoms with Gasteiger partial charge in [0.15, 0.2) is 0 Å². The molecule has 7 heteroatoms. The van der Waals surface area contributed by atoms with Gasteiger partial charge in [-0.25, -0.2) is 9.59 Å². The first-order valence-corrected chi connectivity index (χ1v) is 7.40. The van der Waals surface area contributed by atoms with Crippen LogP contribution in [0.2, 0.25) is 0 Å². The van der Waals surface area contributed by atoms with E-state index in [-0.39, 0.29) is 6.10 Å². The third-order valence-electron chi connectivity index (χ3n) is 2.73. The Balaban J connectivity index is 2.24. The van der Waals surface area contributed by atoms with E-state index in [1.54, 1.807) is 11.8 Å². The van der Waals surface area contributed by atoms with Gasteiger partial charge < -0.3 is 20.5 Å². The van der Waals surface area contributed by atoms with E-state index in [9.17, 15) is 9.59 Å². The zero-order chi connectivity index (χ0) is 13.4. The number of amides is 2. The lowest BCUT2D eigenvalue weighted by molar-refractivity contribution is -0.139. The molecule has 18 heavy (non-hydrogen) atoms. The van der Waals surface area contributed by atoms with Crippen LogP contribution in [0, 0.1) is 0 Å². The molecule has 0 saturated carbocycles. The summed E-state index contributed by atoms with van der Waals surface area (Å²) in [6, 6.07) is -1.28. The molecule has 2 amide bonds. The normalized spacial score (nSPS) is 20.4. The number of hydrogen-bond acceptors (Lipinski definition) is 4. The first-order chi connectivity index (χ1) is 8.63. The van der Waals surface area contributed by atoms with Crippen molar-refractivity contribution in [1.29, 1.82) is 0 Å². The van der Waals surface area contributed by atoms with Crippen molar-refractivity contribution in [1.82, 2.24) is 10.6 Å². The Kier molecular flexibility index (Phi) is 6.89. The van der Waals surface area contributed by atoms with Crippen LogP contribution in [0.3, 0.4) is 0 Å². The van der Waals surface area contributed by atoms with E-state index in [4.69, 9.17) is 9.84 Å². The number of aliphatic carboxylic acids is 1. The van der Waals surface area contributed by atoms with Gasteiger partial charge in [-0.3, -0.25) is 0 Å². The Morgan fingerprint density at radius 1 is 1.56 bits per heavy atom. The molecule has 1 heterocycles. The maximum absolute atomic E-state index is 11.5. The van der Waals surface area contributed by atoms with E-state index in [0.717, 1.165) is 19.4 Å². The minimum atomic E-state index is -1.00. The largest absolute Gasteiger partial charge is 0.480 e. The summed E-state index contributed by atoms with van der Waals surface area (Å²) in [4.78, 5) is 22.5. The molecule has 1 fully saturated rings. The van der Waals surface area contributed by atoms with Crippen LogP contribution in [0.1, 0.15) is 19.3 Å². The van der Waals surface area contributed by atoms with Gasteiger partial charge in [0.25, 0.3) is 0 Å². The number of carbonyl (C=O) groups is 2. The van der Waals surface area contributed by atoms with Gasteiger partial charge in [-0.05, 0) is 31.3 Å². The molecule has 1 saturated heterocycles. The molecule has 1 aliphatic heterocycles. The van der Waals surface area contributed by atoms with E-state index in [0.29, 0.717) is 18.7 Å². The monoisotopic (exact) mass is 276 g/mol. The highest BCUT2D eigenvalue weighted by Crippen LogP contribution is 2.10. The van der Waals surface area contributed by atoms with Crippen LogP contribution in [0.25, 0.3) is 0 Å². The Hall–Kier alpha value is -0.950. The lowest BCUT2D eigenvalue weighted by Crippen LogP contribution is -2.47. The summed E-state index contributed by atoms with van der Waals surface area (Å²) in [5, 5.41) is 14.0. The SMILES string of the molecule is CSCCC(NC(=O)NCC1CCCO1)C(=O)O. The van der Waals surface area contributed by atoms with Gasteiger partial charge in [-0.15, -0.1) is 0 Å². The van der Waals surface area contributed by atoms with Crippen LogP contribution in [-0.2, 0) is 9.53 Å². The molecule has 0 aromatic carbocycles. The molecular weight excluding hydrogens is 256 g/mol. The fourth-order valence-corrected chi connectivity index (χ4v) is 2.19. The summed E-state index contributed by atoms with van der Waals surface area (Å²) in [5.74, 6) is -0.306. The fraction of sp³-hybridized carbons (Fsp3) is 0.818. The average Bonchev–Trinajstić information content (AvgIpc) is 2.84. The average molecular weight is 276 g/mol. The van der Waals surface area contributed by atoms with Gasteiger partial charge in [0.05, 0.1) is 6.10 Å². The van der Waals surface area contributed by atoms with Crippen molar-refractivity contribution in [2.24, 2.45) is 0 Å². The molecule has 0 aliphatic carbocycles. The van der Waals surface area contributed by atoms with E-state index >= 15 is 0 Å². The third kappa shape index (κ3) is 5.59. The second-order valence-electron chi connectivity index (χ2n) is 4.16. The van der Waals surface area contributed by atoms with E-state index in [1.165, 1.54) is 0 Å². The van der Waals surface area contributed by atoms with Crippen LogP contribution in [0.15, 0.2) is 0 Å². The van der Waals surface area contributed by atoms with Crippen LogP contribution in [0.4, 0.5) is 4.79 Å². The van der Waals surface area contributed by atoms with Crippen molar-refractivity contribution in [2.75, 3.05) is 25.2 Å². The molecule has 3 N–H and O–H groups in total. The van der Waals surface area contributed by atoms with E-state index in [1.807, 2.05) is 6.26 Å². The predicted octanol–water partition coefficient (Wildman–Crippen LogP) is 0.671. The lowest BCUT2D eigenvalue weighted by Gasteiger charge is -2.16. The molecular formula is C11H20N2O4S. The van der Waals surface area contributed by atoms with Crippen molar-refractivity contribution in [2.45, 2.75) is 31.4 Å². The van der Waals surface area contributed by atoms with E-state index in [2.05, 4.69) is 10.6 Å². The topological polar surface area (TPSA) is 87.7 Å². The standard InChI is InChI=1S/C11H20N2O4S/c1-18-6-4-9(10(14)15)13-11(16)12-7-8-3-2-5-17-8/h8-9H,2-7H2,1H3,(H,14,15)(H2,12,13,16). The smallest absolute Gasteiger partial charge is 0.326 e. The number of urea groups is 1. The van der Waals surface area contributed by atoms with Gasteiger partial charge in [0.1, 0.15) is 6.04 Å². The molecule has 0 radical (unpaired) electrons. The molecule has 0 aromatic rings. The second-order valence-corrected chi connectivity index (χ2v) is 5.15. The van der Waals surface area contributed by atoms with Gasteiger partial charge in [0.2, 0.25) is 0 Å². The molecule has 104 valence electrons. The van der Waals surface area contributed by atoms with Crippen molar-refractivity contribution >= 4 is 23.8 Å². The second kappa shape index (κ2) is 8.20. The number of nitrogens with one attached hydrogen (secondary N) is 2. The molecule has 6 nitrogen and oxygen atoms in total. The number of carbonyl (C=O) groups excluding carboxylic acids is 1. The van der Waals surface area contributed by atoms with Gasteiger partial charge >= 0.3 is 12.0 Å². The Morgan fingerprint density at radius 2 is 2.33 bits per heavy atom. The Bertz CT molecular complexity index is 282. The van der Waals surface area contributed by atoms with Gasteiger partial charge in [-0.2, -0.15) is 11.8 Å². The number of carboxylic acids is 1. The summed E-state index contributed by atoms with van der Waals surface area (Å²) in [6.45, 7) is 1.17. The summed E-state index contributed by atoms with van der Waals surface area (Å²) >= 11 is 1.55. The fourth-order valence-electron chi connectivity index (χ4n) is 1.71. The first-order valence-electron chi connectivity index (χ1n) is 6.01. The number of thioether (sulfide) groups is 1. The van der Waals surface area contributed by atoms with E-state index < -0.39 is 18.0 Å². The summed E-state index contributed by atoms with van der Waals surface area (Å²) < 4.78 is 5.36. The quantitative estimate of drug-likeness (QED) is 0.636. The minimum absolute atomic E-state index is 0.0604. The molecule has 2 unspecified atom stereocenters. The lowest BCUT2D eigenvalue weighted by atomic mass is 10.2. The zero-order valence-electron chi connectivity index (χ0n) is 10.5. The van der Waals surface area contributed by atoms with Crippen molar-refractivity contribution in [3.8, 4) is 0 Å². The number of rotatable bonds is 7. The Morgan fingerprint density at radius 3 is 2.89 bits per heavy atom. The van der Waals surface area contributed by atoms with Crippen LogP contribution >= 0.6 is 11.8 Å². The van der Waals surface area contributed by atoms with Crippen LogP contribution in [0.5, 0.6) is 0 Å². The third-order valence-corrected chi connectivity index (χ3v) is 3.37. The predicted molar refractivity (Wildman–Crippen MR) is 69.9 cm³/mol. The van der Waals surface area contributed by atoms with Crippen molar-refractivity contribution < 1.29 is 19.4 Å². The summed E-state index contributed by atoms with van der Waals surface area (Å²) in [5.41, 5.74) is 0. The summed E-state index contributed by atoms with van der Waals surface area (Å²) in [7, 11) is 0. The summed E-state index contributed by atoms with van der Waals surface area (Å²) in [6.07, 6.45) is 4.33. The molecule has 2 atom stereocenters. The van der Waals surface area contributed by atoms with Gasteiger partial charge in [-0.1, -0.05) is 0 Å². The maximum Gasteiger partial charge on any atom is 0.326 e. The molecule has 1 aliphatic rings. The number of carboxylic acid groups (broad SMARTS) is 1. The van der Waals surface area contributed by atoms with Crippen molar-refractivity contribution in [3.63, 3.8) is 0 Å². The Labute approximate surface area is 111 Å². The minimum Gasteiger partial charge on any atom is -0.480 e. The molecule has 1 rings (SSSR count). The number of hydrogen-bond donors (Lipinski definition) is 3. The first kappa shape index (κ1) is 15.1. The maximum atomic E-state index is 11.5. The highest BCUT2D eigenvalue weighted by atomic mass is 32.2. The van der Waals surface area contributed by atoms with Crippen LogP contribution < -0.4 is 10.6 Å². The molecule has 0 bridgehead atoms. The molecule has 0 spiro atoms. The van der Waals surface area contributed by atoms with Crippen molar-refractivity contribution in [3.05, 3.63) is 0 Å². The highest BCUT2D eigenvalue weighted by molar-refractivity contribution is 7.98. The number of ether oxygens (including phenoxy) is 1. The van der Waals surface area contributed by atoms with Crippen LogP contribution in [-0.4, -0.2) is 54.4 Å². The van der Waals surface area contributed by atoms with Gasteiger partial charge in [0, 0.05) is 13.2 Å². The highest BCUT2D eigenvalue weighted by Gasteiger charge is 2.20. The zero-order valence-corrected chi connectivity index (χ0v) is 11.3. The molecule has 0 aromatic heterocycles.